The van der Waals surface area contributed by atoms with Crippen molar-refractivity contribution in [1.29, 1.82) is 0 Å². The summed E-state index contributed by atoms with van der Waals surface area (Å²) in [5.74, 6) is -0.0517. The number of carbonyl (C=O) groups is 1. The number of aliphatic hydroxyl groups is 1. The van der Waals surface area contributed by atoms with Gasteiger partial charge in [-0.05, 0) is 19.4 Å². The molecule has 0 aliphatic rings. The van der Waals surface area contributed by atoms with E-state index in [0.29, 0.717) is 32.7 Å². The summed E-state index contributed by atoms with van der Waals surface area (Å²) in [6, 6.07) is 9.88. The molecule has 4 nitrogen and oxygen atoms in total. The third kappa shape index (κ3) is 5.72. The lowest BCUT2D eigenvalue weighted by Gasteiger charge is -2.21. The van der Waals surface area contributed by atoms with E-state index in [1.165, 1.54) is 0 Å². The Morgan fingerprint density at radius 3 is 2.45 bits per heavy atom. The molecule has 0 heterocycles. The van der Waals surface area contributed by atoms with Crippen molar-refractivity contribution < 1.29 is 14.6 Å². The Bertz CT molecular complexity index is 377. The van der Waals surface area contributed by atoms with Gasteiger partial charge >= 0.3 is 0 Å². The van der Waals surface area contributed by atoms with E-state index in [2.05, 4.69) is 0 Å². The Balaban J connectivity index is 2.34. The zero-order chi connectivity index (χ0) is 14.8. The molecule has 0 saturated carbocycles. The van der Waals surface area contributed by atoms with Gasteiger partial charge in [-0.2, -0.15) is 0 Å². The van der Waals surface area contributed by atoms with E-state index in [9.17, 15) is 9.90 Å². The van der Waals surface area contributed by atoms with E-state index in [1.807, 2.05) is 44.2 Å². The van der Waals surface area contributed by atoms with Gasteiger partial charge in [-0.1, -0.05) is 30.3 Å². The van der Waals surface area contributed by atoms with Crippen LogP contribution in [0.4, 0.5) is 0 Å². The quantitative estimate of drug-likeness (QED) is 0.753. The smallest absolute Gasteiger partial charge is 0.223 e. The summed E-state index contributed by atoms with van der Waals surface area (Å²) in [4.78, 5) is 13.7. The number of nitrogens with zero attached hydrogens (tertiary/aromatic N) is 1. The zero-order valence-corrected chi connectivity index (χ0v) is 12.4. The van der Waals surface area contributed by atoms with Crippen LogP contribution in [-0.4, -0.2) is 42.2 Å². The van der Waals surface area contributed by atoms with E-state index >= 15 is 0 Å². The van der Waals surface area contributed by atoms with Crippen molar-refractivity contribution >= 4 is 5.91 Å². The van der Waals surface area contributed by atoms with Crippen LogP contribution in [0, 0.1) is 5.92 Å². The summed E-state index contributed by atoms with van der Waals surface area (Å²) >= 11 is 0. The molecular formula is C16H25NO3. The molecule has 1 aromatic rings. The summed E-state index contributed by atoms with van der Waals surface area (Å²) < 4.78 is 5.59. The molecule has 0 unspecified atom stereocenters. The lowest BCUT2D eigenvalue weighted by atomic mass is 10.1. The van der Waals surface area contributed by atoms with E-state index in [0.717, 1.165) is 5.56 Å². The van der Waals surface area contributed by atoms with Crippen LogP contribution in [0.3, 0.4) is 0 Å². The largest absolute Gasteiger partial charge is 0.396 e. The van der Waals surface area contributed by atoms with Crippen molar-refractivity contribution in [2.45, 2.75) is 26.9 Å². The summed E-state index contributed by atoms with van der Waals surface area (Å²) in [7, 11) is 0. The Hall–Kier alpha value is -1.39. The van der Waals surface area contributed by atoms with Crippen molar-refractivity contribution in [3.05, 3.63) is 35.9 Å². The van der Waals surface area contributed by atoms with Crippen LogP contribution >= 0.6 is 0 Å². The number of carbonyl (C=O) groups excluding carboxylic acids is 1. The third-order valence-corrected chi connectivity index (χ3v) is 3.30. The Kier molecular flexibility index (Phi) is 7.92. The zero-order valence-electron chi connectivity index (χ0n) is 12.4. The number of hydrogen-bond donors (Lipinski definition) is 1. The number of hydrogen-bond acceptors (Lipinski definition) is 3. The number of aliphatic hydroxyl groups excluding tert-OH is 1. The van der Waals surface area contributed by atoms with Crippen LogP contribution in [0.15, 0.2) is 30.3 Å². The molecule has 1 N–H and O–H groups in total. The first-order valence-corrected chi connectivity index (χ1v) is 7.21. The number of rotatable bonds is 9. The number of amides is 1. The third-order valence-electron chi connectivity index (χ3n) is 3.30. The molecule has 0 fully saturated rings. The van der Waals surface area contributed by atoms with Gasteiger partial charge in [0, 0.05) is 32.0 Å². The van der Waals surface area contributed by atoms with E-state index < -0.39 is 0 Å². The molecule has 0 radical (unpaired) electrons. The van der Waals surface area contributed by atoms with Gasteiger partial charge in [-0.25, -0.2) is 0 Å². The van der Waals surface area contributed by atoms with E-state index in [-0.39, 0.29) is 18.4 Å². The van der Waals surface area contributed by atoms with Crippen LogP contribution in [0.25, 0.3) is 0 Å². The topological polar surface area (TPSA) is 49.8 Å². The first-order valence-electron chi connectivity index (χ1n) is 7.21. The minimum atomic E-state index is -0.133. The average molecular weight is 279 g/mol. The molecule has 0 saturated heterocycles. The van der Waals surface area contributed by atoms with Gasteiger partial charge in [0.2, 0.25) is 5.91 Å². The standard InChI is InChI=1S/C16H25NO3/c1-3-17(4-2)16(19)10-15(11-18)13-20-12-14-8-6-5-7-9-14/h5-9,15,18H,3-4,10-13H2,1-2H3/t15-/m1/s1. The SMILES string of the molecule is CCN(CC)C(=O)C[C@H](CO)COCc1ccccc1. The lowest BCUT2D eigenvalue weighted by Crippen LogP contribution is -2.33. The first-order chi connectivity index (χ1) is 9.71. The Morgan fingerprint density at radius 2 is 1.90 bits per heavy atom. The second kappa shape index (κ2) is 9.50. The maximum absolute atomic E-state index is 12.0. The predicted octanol–water partition coefficient (Wildman–Crippen LogP) is 2.07. The summed E-state index contributed by atoms with van der Waals surface area (Å²) in [6.07, 6.45) is 0.340. The van der Waals surface area contributed by atoms with Crippen LogP contribution < -0.4 is 0 Å². The number of benzene rings is 1. The fourth-order valence-electron chi connectivity index (χ4n) is 2.05. The maximum Gasteiger partial charge on any atom is 0.223 e. The highest BCUT2D eigenvalue weighted by Crippen LogP contribution is 2.09. The molecule has 1 rings (SSSR count). The number of ether oxygens (including phenoxy) is 1. The minimum Gasteiger partial charge on any atom is -0.396 e. The molecular weight excluding hydrogens is 254 g/mol. The summed E-state index contributed by atoms with van der Waals surface area (Å²) in [5.41, 5.74) is 1.10. The van der Waals surface area contributed by atoms with Gasteiger partial charge in [0.05, 0.1) is 13.2 Å². The average Bonchev–Trinajstić information content (AvgIpc) is 2.48. The molecule has 0 aliphatic heterocycles. The van der Waals surface area contributed by atoms with Crippen molar-refractivity contribution in [2.24, 2.45) is 5.92 Å². The molecule has 0 aromatic heterocycles. The Labute approximate surface area is 121 Å². The van der Waals surface area contributed by atoms with Gasteiger partial charge in [-0.15, -0.1) is 0 Å². The van der Waals surface area contributed by atoms with Gasteiger partial charge < -0.3 is 14.7 Å². The highest BCUT2D eigenvalue weighted by Gasteiger charge is 2.17. The first kappa shape index (κ1) is 16.7. The summed E-state index contributed by atoms with van der Waals surface area (Å²) in [6.45, 7) is 6.22. The molecule has 1 amide bonds. The normalized spacial score (nSPS) is 12.2. The van der Waals surface area contributed by atoms with Crippen LogP contribution in [0.2, 0.25) is 0 Å². The highest BCUT2D eigenvalue weighted by molar-refractivity contribution is 5.76. The van der Waals surface area contributed by atoms with Crippen LogP contribution in [0.1, 0.15) is 25.8 Å². The molecule has 1 atom stereocenters. The van der Waals surface area contributed by atoms with Crippen molar-refractivity contribution in [2.75, 3.05) is 26.3 Å². The highest BCUT2D eigenvalue weighted by atomic mass is 16.5. The monoisotopic (exact) mass is 279 g/mol. The second-order valence-corrected chi connectivity index (χ2v) is 4.82. The molecule has 1 aromatic carbocycles. The summed E-state index contributed by atoms with van der Waals surface area (Å²) in [5, 5.41) is 9.35. The van der Waals surface area contributed by atoms with Gasteiger partial charge in [0.15, 0.2) is 0 Å². The van der Waals surface area contributed by atoms with Crippen molar-refractivity contribution in [3.63, 3.8) is 0 Å². The van der Waals surface area contributed by atoms with Crippen molar-refractivity contribution in [3.8, 4) is 0 Å². The molecule has 112 valence electrons. The van der Waals surface area contributed by atoms with E-state index in [4.69, 9.17) is 4.74 Å². The van der Waals surface area contributed by atoms with Crippen LogP contribution in [0.5, 0.6) is 0 Å². The fraction of sp³-hybridized carbons (Fsp3) is 0.562. The molecule has 20 heavy (non-hydrogen) atoms. The van der Waals surface area contributed by atoms with Gasteiger partial charge in [-0.3, -0.25) is 4.79 Å². The minimum absolute atomic E-state index is 0.0260. The fourth-order valence-corrected chi connectivity index (χ4v) is 2.05. The maximum atomic E-state index is 12.0. The molecule has 0 aliphatic carbocycles. The molecule has 4 heteroatoms. The van der Waals surface area contributed by atoms with Gasteiger partial charge in [0.25, 0.3) is 0 Å². The lowest BCUT2D eigenvalue weighted by molar-refractivity contribution is -0.132. The van der Waals surface area contributed by atoms with Gasteiger partial charge in [0.1, 0.15) is 0 Å². The second-order valence-electron chi connectivity index (χ2n) is 4.82. The van der Waals surface area contributed by atoms with E-state index in [1.54, 1.807) is 4.90 Å². The predicted molar refractivity (Wildman–Crippen MR) is 79.2 cm³/mol. The molecule has 0 spiro atoms. The molecule has 0 bridgehead atoms. The van der Waals surface area contributed by atoms with Crippen molar-refractivity contribution in [1.82, 2.24) is 4.90 Å². The van der Waals surface area contributed by atoms with Crippen LogP contribution in [-0.2, 0) is 16.1 Å². The Morgan fingerprint density at radius 1 is 1.25 bits per heavy atom.